The van der Waals surface area contributed by atoms with E-state index in [0.29, 0.717) is 5.57 Å². The molecule has 0 radical (unpaired) electrons. The molecule has 6 aromatic carbocycles. The van der Waals surface area contributed by atoms with Gasteiger partial charge in [-0.2, -0.15) is 10.5 Å². The van der Waals surface area contributed by atoms with Gasteiger partial charge in [0.05, 0.1) is 11.4 Å². The zero-order valence-corrected chi connectivity index (χ0v) is 21.0. The first-order valence-corrected chi connectivity index (χ1v) is 12.8. The van der Waals surface area contributed by atoms with E-state index in [2.05, 4.69) is 108 Å². The smallest absolute Gasteiger partial charge is 0.137 e. The Morgan fingerprint density at radius 2 is 1.18 bits per heavy atom. The molecule has 1 aliphatic heterocycles. The third kappa shape index (κ3) is 3.50. The van der Waals surface area contributed by atoms with E-state index < -0.39 is 0 Å². The van der Waals surface area contributed by atoms with Crippen LogP contribution in [0.4, 0.5) is 11.4 Å². The molecule has 6 aromatic rings. The molecule has 39 heavy (non-hydrogen) atoms. The Labute approximate surface area is 226 Å². The highest BCUT2D eigenvalue weighted by atomic mass is 15.1. The standard InChI is InChI=1S/C36H21N3/c37-22-27(23-38)28-19-20-39(34-16-8-7-11-29(28)34)36-32-14-5-3-12-30(32)35(31-13-4-6-15-33(31)36)26-18-17-24-9-1-2-10-25(24)21-26/h1-21H. The van der Waals surface area contributed by atoms with Crippen molar-refractivity contribution < 1.29 is 0 Å². The Hall–Kier alpha value is -5.64. The summed E-state index contributed by atoms with van der Waals surface area (Å²) >= 11 is 0. The van der Waals surface area contributed by atoms with Crippen LogP contribution in [0.15, 0.2) is 133 Å². The second kappa shape index (κ2) is 9.03. The summed E-state index contributed by atoms with van der Waals surface area (Å²) in [5, 5.41) is 26.2. The second-order valence-electron chi connectivity index (χ2n) is 9.59. The summed E-state index contributed by atoms with van der Waals surface area (Å²) in [6, 6.07) is 44.4. The van der Waals surface area contributed by atoms with Crippen molar-refractivity contribution in [2.75, 3.05) is 4.90 Å². The Morgan fingerprint density at radius 3 is 1.87 bits per heavy atom. The van der Waals surface area contributed by atoms with Gasteiger partial charge in [0.1, 0.15) is 17.7 Å². The third-order valence-electron chi connectivity index (χ3n) is 7.52. The van der Waals surface area contributed by atoms with E-state index in [1.165, 1.54) is 32.7 Å². The highest BCUT2D eigenvalue weighted by Gasteiger charge is 2.24. The molecule has 0 N–H and O–H groups in total. The molecular weight excluding hydrogens is 474 g/mol. The van der Waals surface area contributed by atoms with Crippen molar-refractivity contribution >= 4 is 49.3 Å². The SMILES string of the molecule is N#CC(C#N)=C1C=CN(c2c3ccccc3c(-c3ccc4ccccc4c3)c3ccccc23)c2ccccc21. The first-order chi connectivity index (χ1) is 19.3. The van der Waals surface area contributed by atoms with Gasteiger partial charge in [-0.1, -0.05) is 103 Å². The number of fused-ring (bicyclic) bond motifs is 4. The van der Waals surface area contributed by atoms with Crippen LogP contribution in [-0.2, 0) is 0 Å². The summed E-state index contributed by atoms with van der Waals surface area (Å²) in [6.45, 7) is 0. The monoisotopic (exact) mass is 495 g/mol. The molecule has 0 atom stereocenters. The molecule has 0 amide bonds. The number of allylic oxidation sites excluding steroid dienone is 3. The van der Waals surface area contributed by atoms with Gasteiger partial charge in [0.2, 0.25) is 0 Å². The zero-order chi connectivity index (χ0) is 26.3. The predicted molar refractivity (Wildman–Crippen MR) is 160 cm³/mol. The largest absolute Gasteiger partial charge is 0.315 e. The van der Waals surface area contributed by atoms with Crippen LogP contribution in [0, 0.1) is 22.7 Å². The molecule has 1 aliphatic rings. The van der Waals surface area contributed by atoms with Gasteiger partial charge >= 0.3 is 0 Å². The van der Waals surface area contributed by atoms with Crippen molar-refractivity contribution in [3.63, 3.8) is 0 Å². The minimum Gasteiger partial charge on any atom is -0.315 e. The fourth-order valence-corrected chi connectivity index (χ4v) is 5.81. The first kappa shape index (κ1) is 22.5. The maximum Gasteiger partial charge on any atom is 0.137 e. The van der Waals surface area contributed by atoms with Crippen molar-refractivity contribution in [3.05, 3.63) is 139 Å². The Kier molecular flexibility index (Phi) is 5.22. The molecule has 0 spiro atoms. The highest BCUT2D eigenvalue weighted by molar-refractivity contribution is 6.22. The highest BCUT2D eigenvalue weighted by Crippen LogP contribution is 2.48. The fourth-order valence-electron chi connectivity index (χ4n) is 5.81. The Bertz CT molecular complexity index is 2030. The minimum atomic E-state index is 0.111. The van der Waals surface area contributed by atoms with E-state index in [9.17, 15) is 10.5 Å². The summed E-state index contributed by atoms with van der Waals surface area (Å²) < 4.78 is 0. The molecule has 0 bridgehead atoms. The topological polar surface area (TPSA) is 50.8 Å². The molecule has 3 heteroatoms. The van der Waals surface area contributed by atoms with E-state index in [1.807, 2.05) is 36.5 Å². The third-order valence-corrected chi connectivity index (χ3v) is 7.52. The van der Waals surface area contributed by atoms with Crippen molar-refractivity contribution in [2.24, 2.45) is 0 Å². The van der Waals surface area contributed by atoms with Gasteiger partial charge in [-0.25, -0.2) is 0 Å². The number of nitriles is 2. The van der Waals surface area contributed by atoms with Gasteiger partial charge in [0.25, 0.3) is 0 Å². The van der Waals surface area contributed by atoms with Crippen LogP contribution in [0.3, 0.4) is 0 Å². The number of anilines is 2. The van der Waals surface area contributed by atoms with Crippen molar-refractivity contribution in [2.45, 2.75) is 0 Å². The maximum atomic E-state index is 9.60. The second-order valence-corrected chi connectivity index (χ2v) is 9.59. The maximum absolute atomic E-state index is 9.60. The number of benzene rings is 6. The first-order valence-electron chi connectivity index (χ1n) is 12.8. The minimum absolute atomic E-state index is 0.111. The molecule has 0 unspecified atom stereocenters. The molecule has 0 aliphatic carbocycles. The van der Waals surface area contributed by atoms with Crippen LogP contribution in [0.2, 0.25) is 0 Å². The normalized spacial score (nSPS) is 12.4. The van der Waals surface area contributed by atoms with Crippen molar-refractivity contribution in [3.8, 4) is 23.3 Å². The molecule has 1 heterocycles. The van der Waals surface area contributed by atoms with Gasteiger partial charge in [-0.15, -0.1) is 0 Å². The van der Waals surface area contributed by atoms with Gasteiger partial charge < -0.3 is 4.90 Å². The quantitative estimate of drug-likeness (QED) is 0.178. The van der Waals surface area contributed by atoms with Gasteiger partial charge in [0, 0.05) is 28.1 Å². The van der Waals surface area contributed by atoms with E-state index in [0.717, 1.165) is 27.7 Å². The van der Waals surface area contributed by atoms with E-state index in [-0.39, 0.29) is 5.57 Å². The zero-order valence-electron chi connectivity index (χ0n) is 21.0. The summed E-state index contributed by atoms with van der Waals surface area (Å²) in [5.41, 5.74) is 6.02. The van der Waals surface area contributed by atoms with Crippen LogP contribution >= 0.6 is 0 Å². The number of rotatable bonds is 2. The average molecular weight is 496 g/mol. The van der Waals surface area contributed by atoms with Gasteiger partial charge in [-0.3, -0.25) is 0 Å². The Morgan fingerprint density at radius 1 is 0.590 bits per heavy atom. The predicted octanol–water partition coefficient (Wildman–Crippen LogP) is 9.28. The van der Waals surface area contributed by atoms with Crippen molar-refractivity contribution in [1.29, 1.82) is 10.5 Å². The molecule has 0 saturated carbocycles. The summed E-state index contributed by atoms with van der Waals surface area (Å²) in [7, 11) is 0. The van der Waals surface area contributed by atoms with Crippen LogP contribution < -0.4 is 4.90 Å². The molecule has 180 valence electrons. The van der Waals surface area contributed by atoms with Crippen molar-refractivity contribution in [1.82, 2.24) is 0 Å². The number of hydrogen-bond donors (Lipinski definition) is 0. The molecular formula is C36H21N3. The fraction of sp³-hybridized carbons (Fsp3) is 0. The van der Waals surface area contributed by atoms with Crippen LogP contribution in [-0.4, -0.2) is 0 Å². The number of hydrogen-bond acceptors (Lipinski definition) is 3. The summed E-state index contributed by atoms with van der Waals surface area (Å²) in [5.74, 6) is 0. The van der Waals surface area contributed by atoms with E-state index >= 15 is 0 Å². The van der Waals surface area contributed by atoms with Crippen LogP contribution in [0.5, 0.6) is 0 Å². The lowest BCUT2D eigenvalue weighted by Gasteiger charge is -2.31. The molecule has 3 nitrogen and oxygen atoms in total. The average Bonchev–Trinajstić information content (AvgIpc) is 3.00. The Balaban J connectivity index is 1.57. The molecule has 0 fully saturated rings. The lowest BCUT2D eigenvalue weighted by molar-refractivity contribution is 1.27. The number of nitrogens with zero attached hydrogens (tertiary/aromatic N) is 3. The lowest BCUT2D eigenvalue weighted by atomic mass is 9.88. The van der Waals surface area contributed by atoms with E-state index in [4.69, 9.17) is 0 Å². The van der Waals surface area contributed by atoms with Crippen LogP contribution in [0.25, 0.3) is 49.0 Å². The molecule has 0 saturated heterocycles. The van der Waals surface area contributed by atoms with Gasteiger partial charge in [0.15, 0.2) is 0 Å². The summed E-state index contributed by atoms with van der Waals surface area (Å²) in [4.78, 5) is 2.19. The van der Waals surface area contributed by atoms with Gasteiger partial charge in [-0.05, 0) is 50.9 Å². The number of para-hydroxylation sites is 1. The van der Waals surface area contributed by atoms with E-state index in [1.54, 1.807) is 0 Å². The molecule has 0 aromatic heterocycles. The van der Waals surface area contributed by atoms with Crippen LogP contribution in [0.1, 0.15) is 5.56 Å². The molecule has 7 rings (SSSR count). The summed E-state index contributed by atoms with van der Waals surface area (Å²) in [6.07, 6.45) is 3.86. The lowest BCUT2D eigenvalue weighted by Crippen LogP contribution is -2.15.